The fourth-order valence-corrected chi connectivity index (χ4v) is 2.25. The zero-order chi connectivity index (χ0) is 17.5. The van der Waals surface area contributed by atoms with E-state index in [4.69, 9.17) is 4.74 Å². The minimum atomic E-state index is -0.431. The second kappa shape index (κ2) is 8.10. The summed E-state index contributed by atoms with van der Waals surface area (Å²) in [5.74, 6) is -0.293. The molecule has 0 radical (unpaired) electrons. The highest BCUT2D eigenvalue weighted by Gasteiger charge is 2.14. The Bertz CT molecular complexity index is 734. The summed E-state index contributed by atoms with van der Waals surface area (Å²) in [5, 5.41) is 2.74. The maximum absolute atomic E-state index is 13.3. The van der Waals surface area contributed by atoms with Crippen molar-refractivity contribution in [2.75, 3.05) is 23.9 Å². The van der Waals surface area contributed by atoms with Crippen LogP contribution in [0.2, 0.25) is 0 Å². The normalized spacial score (nSPS) is 10.1. The van der Waals surface area contributed by atoms with Crippen molar-refractivity contribution < 1.29 is 18.7 Å². The number of rotatable bonds is 6. The van der Waals surface area contributed by atoms with Crippen LogP contribution in [0.5, 0.6) is 5.75 Å². The van der Waals surface area contributed by atoms with Crippen molar-refractivity contribution in [3.63, 3.8) is 0 Å². The smallest absolute Gasteiger partial charge is 0.226 e. The van der Waals surface area contributed by atoms with Gasteiger partial charge in [-0.15, -0.1) is 0 Å². The summed E-state index contributed by atoms with van der Waals surface area (Å²) < 4.78 is 18.4. The molecule has 0 spiro atoms. The van der Waals surface area contributed by atoms with Crippen molar-refractivity contribution in [3.8, 4) is 5.75 Å². The molecule has 2 rings (SSSR count). The number of nitrogens with one attached hydrogen (secondary N) is 1. The van der Waals surface area contributed by atoms with Gasteiger partial charge in [0.25, 0.3) is 0 Å². The number of ether oxygens (including phenoxy) is 1. The first kappa shape index (κ1) is 17.5. The molecule has 0 aliphatic heterocycles. The van der Waals surface area contributed by atoms with Crippen molar-refractivity contribution in [2.24, 2.45) is 0 Å². The van der Waals surface area contributed by atoms with Crippen LogP contribution in [0.4, 0.5) is 15.8 Å². The van der Waals surface area contributed by atoms with Gasteiger partial charge in [-0.2, -0.15) is 0 Å². The molecule has 0 atom stereocenters. The summed E-state index contributed by atoms with van der Waals surface area (Å²) >= 11 is 0. The van der Waals surface area contributed by atoms with Crippen molar-refractivity contribution in [3.05, 3.63) is 54.3 Å². The van der Waals surface area contributed by atoms with Gasteiger partial charge >= 0.3 is 0 Å². The second-order valence-corrected chi connectivity index (χ2v) is 5.18. The lowest BCUT2D eigenvalue weighted by Crippen LogP contribution is -2.32. The number of methoxy groups -OCH3 is 1. The zero-order valence-electron chi connectivity index (χ0n) is 13.6. The summed E-state index contributed by atoms with van der Waals surface area (Å²) in [4.78, 5) is 25.2. The van der Waals surface area contributed by atoms with Gasteiger partial charge in [0.15, 0.2) is 0 Å². The Morgan fingerprint density at radius 3 is 2.58 bits per heavy atom. The van der Waals surface area contributed by atoms with Crippen molar-refractivity contribution >= 4 is 23.2 Å². The molecular weight excluding hydrogens is 311 g/mol. The Hall–Kier alpha value is -2.89. The molecule has 5 nitrogen and oxygen atoms in total. The van der Waals surface area contributed by atoms with E-state index in [1.807, 2.05) is 0 Å². The van der Waals surface area contributed by atoms with Crippen LogP contribution in [-0.2, 0) is 9.59 Å². The Balaban J connectivity index is 1.98. The van der Waals surface area contributed by atoms with Gasteiger partial charge in [0, 0.05) is 37.3 Å². The zero-order valence-corrected chi connectivity index (χ0v) is 13.6. The highest BCUT2D eigenvalue weighted by Crippen LogP contribution is 2.18. The van der Waals surface area contributed by atoms with Crippen LogP contribution in [0.1, 0.15) is 13.3 Å². The summed E-state index contributed by atoms with van der Waals surface area (Å²) in [6, 6.07) is 12.7. The fraction of sp³-hybridized carbons (Fsp3) is 0.222. The molecule has 0 aliphatic rings. The largest absolute Gasteiger partial charge is 0.497 e. The maximum atomic E-state index is 13.3. The van der Waals surface area contributed by atoms with E-state index in [0.717, 1.165) is 0 Å². The molecule has 2 aromatic carbocycles. The van der Waals surface area contributed by atoms with Gasteiger partial charge in [-0.1, -0.05) is 12.1 Å². The van der Waals surface area contributed by atoms with Crippen molar-refractivity contribution in [1.29, 1.82) is 0 Å². The molecule has 2 aromatic rings. The first-order valence-corrected chi connectivity index (χ1v) is 7.47. The number of anilines is 2. The molecule has 24 heavy (non-hydrogen) atoms. The second-order valence-electron chi connectivity index (χ2n) is 5.18. The minimum Gasteiger partial charge on any atom is -0.497 e. The number of nitrogens with zero attached hydrogens (tertiary/aromatic N) is 1. The van der Waals surface area contributed by atoms with E-state index >= 15 is 0 Å². The number of benzene rings is 2. The van der Waals surface area contributed by atoms with Crippen LogP contribution in [0.25, 0.3) is 0 Å². The van der Waals surface area contributed by atoms with Crippen LogP contribution in [-0.4, -0.2) is 25.5 Å². The van der Waals surface area contributed by atoms with E-state index in [9.17, 15) is 14.0 Å². The third-order valence-corrected chi connectivity index (χ3v) is 3.42. The lowest BCUT2D eigenvalue weighted by molar-refractivity contribution is -0.117. The SMILES string of the molecule is COc1cccc(NC(=O)CCN(C(C)=O)c2cccc(F)c2)c1. The predicted molar refractivity (Wildman–Crippen MR) is 90.7 cm³/mol. The molecule has 0 fully saturated rings. The maximum Gasteiger partial charge on any atom is 0.226 e. The Labute approximate surface area is 140 Å². The molecule has 126 valence electrons. The molecule has 0 unspecified atom stereocenters. The average molecular weight is 330 g/mol. The predicted octanol–water partition coefficient (Wildman–Crippen LogP) is 3.22. The van der Waals surface area contributed by atoms with E-state index in [1.165, 1.54) is 30.0 Å². The number of carbonyl (C=O) groups is 2. The van der Waals surface area contributed by atoms with Gasteiger partial charge in [-0.3, -0.25) is 9.59 Å². The van der Waals surface area contributed by atoms with E-state index in [-0.39, 0.29) is 24.8 Å². The molecule has 0 aliphatic carbocycles. The summed E-state index contributed by atoms with van der Waals surface area (Å²) in [5.41, 5.74) is 1.04. The van der Waals surface area contributed by atoms with Crippen LogP contribution in [0, 0.1) is 5.82 Å². The molecule has 0 saturated carbocycles. The number of hydrogen-bond donors (Lipinski definition) is 1. The average Bonchev–Trinajstić information content (AvgIpc) is 2.55. The molecule has 6 heteroatoms. The number of halogens is 1. The van der Waals surface area contributed by atoms with E-state index in [0.29, 0.717) is 17.1 Å². The highest BCUT2D eigenvalue weighted by atomic mass is 19.1. The van der Waals surface area contributed by atoms with E-state index in [1.54, 1.807) is 37.4 Å². The van der Waals surface area contributed by atoms with Crippen molar-refractivity contribution in [1.82, 2.24) is 0 Å². The molecular formula is C18H19FN2O3. The molecule has 0 bridgehead atoms. The third-order valence-electron chi connectivity index (χ3n) is 3.42. The molecule has 0 heterocycles. The Morgan fingerprint density at radius 1 is 1.17 bits per heavy atom. The third kappa shape index (κ3) is 4.81. The van der Waals surface area contributed by atoms with Gasteiger partial charge in [0.05, 0.1) is 7.11 Å². The fourth-order valence-electron chi connectivity index (χ4n) is 2.25. The summed E-state index contributed by atoms with van der Waals surface area (Å²) in [7, 11) is 1.55. The summed E-state index contributed by atoms with van der Waals surface area (Å²) in [6.45, 7) is 1.54. The van der Waals surface area contributed by atoms with Crippen LogP contribution >= 0.6 is 0 Å². The van der Waals surface area contributed by atoms with E-state index in [2.05, 4.69) is 5.32 Å². The number of amides is 2. The molecule has 0 saturated heterocycles. The van der Waals surface area contributed by atoms with Crippen LogP contribution in [0.3, 0.4) is 0 Å². The van der Waals surface area contributed by atoms with E-state index < -0.39 is 5.82 Å². The lowest BCUT2D eigenvalue weighted by Gasteiger charge is -2.21. The number of carbonyl (C=O) groups excluding carboxylic acids is 2. The Morgan fingerprint density at radius 2 is 1.92 bits per heavy atom. The molecule has 1 N–H and O–H groups in total. The topological polar surface area (TPSA) is 58.6 Å². The van der Waals surface area contributed by atoms with Gasteiger partial charge in [0.1, 0.15) is 11.6 Å². The monoisotopic (exact) mass is 330 g/mol. The standard InChI is InChI=1S/C18H19FN2O3/c1-13(22)21(16-7-3-5-14(19)11-16)10-9-18(23)20-15-6-4-8-17(12-15)24-2/h3-8,11-12H,9-10H2,1-2H3,(H,20,23). The number of hydrogen-bond acceptors (Lipinski definition) is 3. The first-order valence-electron chi connectivity index (χ1n) is 7.47. The minimum absolute atomic E-state index is 0.0906. The molecule has 2 amide bonds. The van der Waals surface area contributed by atoms with Gasteiger partial charge < -0.3 is 15.0 Å². The lowest BCUT2D eigenvalue weighted by atomic mass is 10.2. The van der Waals surface area contributed by atoms with Gasteiger partial charge in [-0.05, 0) is 30.3 Å². The first-order chi connectivity index (χ1) is 11.5. The Kier molecular flexibility index (Phi) is 5.89. The quantitative estimate of drug-likeness (QED) is 0.885. The van der Waals surface area contributed by atoms with Crippen molar-refractivity contribution in [2.45, 2.75) is 13.3 Å². The highest BCUT2D eigenvalue weighted by molar-refractivity contribution is 5.94. The van der Waals surface area contributed by atoms with Gasteiger partial charge in [0.2, 0.25) is 11.8 Å². The summed E-state index contributed by atoms with van der Waals surface area (Å²) in [6.07, 6.45) is 0.0906. The van der Waals surface area contributed by atoms with Crippen LogP contribution < -0.4 is 15.0 Å². The van der Waals surface area contributed by atoms with Gasteiger partial charge in [-0.25, -0.2) is 4.39 Å². The molecule has 0 aromatic heterocycles. The van der Waals surface area contributed by atoms with Crippen LogP contribution in [0.15, 0.2) is 48.5 Å².